The number of hydrogen-bond donors (Lipinski definition) is 1. The minimum absolute atomic E-state index is 0.101. The van der Waals surface area contributed by atoms with Gasteiger partial charge >= 0.3 is 0 Å². The minimum Gasteiger partial charge on any atom is -0.370 e. The zero-order chi connectivity index (χ0) is 17.6. The van der Waals surface area contributed by atoms with Gasteiger partial charge in [0.05, 0.1) is 0 Å². The Bertz CT molecular complexity index is 836. The Morgan fingerprint density at radius 1 is 0.880 bits per heavy atom. The highest BCUT2D eigenvalue weighted by Gasteiger charge is 2.24. The van der Waals surface area contributed by atoms with Crippen molar-refractivity contribution in [1.82, 2.24) is 4.90 Å². The lowest BCUT2D eigenvalue weighted by molar-refractivity contribution is -0.131. The van der Waals surface area contributed by atoms with Crippen molar-refractivity contribution >= 4 is 22.4 Å². The zero-order valence-corrected chi connectivity index (χ0v) is 14.8. The van der Waals surface area contributed by atoms with Crippen LogP contribution in [0.15, 0.2) is 72.8 Å². The fourth-order valence-corrected chi connectivity index (χ4v) is 3.16. The largest absolute Gasteiger partial charge is 0.370 e. The number of benzene rings is 3. The van der Waals surface area contributed by atoms with Gasteiger partial charge in [-0.05, 0) is 30.9 Å². The lowest BCUT2D eigenvalue weighted by atomic mass is 10.0. The molecule has 25 heavy (non-hydrogen) atoms. The van der Waals surface area contributed by atoms with Gasteiger partial charge in [0.2, 0.25) is 5.91 Å². The summed E-state index contributed by atoms with van der Waals surface area (Å²) >= 11 is 0. The molecule has 3 rings (SSSR count). The fraction of sp³-hybridized carbons (Fsp3) is 0.227. The second-order valence-electron chi connectivity index (χ2n) is 6.03. The molecule has 3 nitrogen and oxygen atoms in total. The van der Waals surface area contributed by atoms with Gasteiger partial charge < -0.3 is 10.2 Å². The zero-order valence-electron chi connectivity index (χ0n) is 14.8. The van der Waals surface area contributed by atoms with Crippen molar-refractivity contribution in [1.29, 1.82) is 0 Å². The van der Waals surface area contributed by atoms with Crippen LogP contribution in [0.4, 0.5) is 5.69 Å². The summed E-state index contributed by atoms with van der Waals surface area (Å²) in [6.07, 6.45) is 0. The Morgan fingerprint density at radius 3 is 2.24 bits per heavy atom. The van der Waals surface area contributed by atoms with E-state index in [1.807, 2.05) is 73.3 Å². The number of rotatable bonds is 6. The van der Waals surface area contributed by atoms with Crippen LogP contribution in [0.2, 0.25) is 0 Å². The first-order valence-electron chi connectivity index (χ1n) is 8.82. The number of fused-ring (bicyclic) bond motifs is 1. The van der Waals surface area contributed by atoms with Crippen molar-refractivity contribution < 1.29 is 4.79 Å². The number of anilines is 1. The minimum atomic E-state index is -0.396. The number of amides is 1. The molecule has 0 saturated carbocycles. The molecule has 1 amide bonds. The van der Waals surface area contributed by atoms with Gasteiger partial charge in [0, 0.05) is 24.2 Å². The second kappa shape index (κ2) is 7.84. The normalized spacial score (nSPS) is 11.9. The van der Waals surface area contributed by atoms with Crippen LogP contribution in [-0.2, 0) is 4.79 Å². The van der Waals surface area contributed by atoms with Crippen molar-refractivity contribution in [3.05, 3.63) is 78.4 Å². The monoisotopic (exact) mass is 332 g/mol. The molecule has 0 aliphatic heterocycles. The second-order valence-corrected chi connectivity index (χ2v) is 6.03. The predicted molar refractivity (Wildman–Crippen MR) is 105 cm³/mol. The molecule has 0 aliphatic carbocycles. The van der Waals surface area contributed by atoms with Crippen molar-refractivity contribution in [3.8, 4) is 0 Å². The molecule has 0 unspecified atom stereocenters. The Morgan fingerprint density at radius 2 is 1.52 bits per heavy atom. The van der Waals surface area contributed by atoms with E-state index in [2.05, 4.69) is 23.5 Å². The first-order chi connectivity index (χ1) is 12.2. The van der Waals surface area contributed by atoms with Crippen LogP contribution < -0.4 is 5.32 Å². The van der Waals surface area contributed by atoms with Gasteiger partial charge in [0.1, 0.15) is 6.04 Å². The van der Waals surface area contributed by atoms with Crippen molar-refractivity contribution in [3.63, 3.8) is 0 Å². The molecule has 0 aromatic heterocycles. The molecule has 0 heterocycles. The highest BCUT2D eigenvalue weighted by atomic mass is 16.2. The SMILES string of the molecule is CCN(CC)C(=O)[C@H](Nc1cccc2ccccc12)c1ccccc1. The van der Waals surface area contributed by atoms with Crippen LogP contribution in [0.25, 0.3) is 10.8 Å². The third-order valence-electron chi connectivity index (χ3n) is 4.54. The summed E-state index contributed by atoms with van der Waals surface area (Å²) in [5.74, 6) is 0.101. The number of nitrogens with zero attached hydrogens (tertiary/aromatic N) is 1. The van der Waals surface area contributed by atoms with Crippen LogP contribution in [0.5, 0.6) is 0 Å². The van der Waals surface area contributed by atoms with E-state index in [-0.39, 0.29) is 5.91 Å². The van der Waals surface area contributed by atoms with E-state index in [9.17, 15) is 4.79 Å². The summed E-state index contributed by atoms with van der Waals surface area (Å²) in [6.45, 7) is 5.44. The third kappa shape index (κ3) is 3.66. The van der Waals surface area contributed by atoms with E-state index in [0.29, 0.717) is 13.1 Å². The van der Waals surface area contributed by atoms with Crippen LogP contribution in [-0.4, -0.2) is 23.9 Å². The Balaban J connectivity index is 2.01. The molecule has 3 aromatic carbocycles. The number of hydrogen-bond acceptors (Lipinski definition) is 2. The fourth-order valence-electron chi connectivity index (χ4n) is 3.16. The third-order valence-corrected chi connectivity index (χ3v) is 4.54. The lowest BCUT2D eigenvalue weighted by Crippen LogP contribution is -2.37. The van der Waals surface area contributed by atoms with Crippen LogP contribution >= 0.6 is 0 Å². The quantitative estimate of drug-likeness (QED) is 0.699. The average molecular weight is 332 g/mol. The maximum absolute atomic E-state index is 13.1. The summed E-state index contributed by atoms with van der Waals surface area (Å²) in [4.78, 5) is 15.0. The average Bonchev–Trinajstić information content (AvgIpc) is 2.67. The Kier molecular flexibility index (Phi) is 5.34. The van der Waals surface area contributed by atoms with Gasteiger partial charge in [-0.1, -0.05) is 66.7 Å². The summed E-state index contributed by atoms with van der Waals surface area (Å²) in [6, 6.07) is 23.9. The van der Waals surface area contributed by atoms with Gasteiger partial charge in [0.25, 0.3) is 0 Å². The predicted octanol–water partition coefficient (Wildman–Crippen LogP) is 4.86. The van der Waals surface area contributed by atoms with Gasteiger partial charge in [-0.25, -0.2) is 0 Å². The van der Waals surface area contributed by atoms with E-state index in [1.54, 1.807) is 0 Å². The maximum atomic E-state index is 13.1. The smallest absolute Gasteiger partial charge is 0.249 e. The molecule has 0 spiro atoms. The molecule has 3 heteroatoms. The van der Waals surface area contributed by atoms with Gasteiger partial charge in [-0.3, -0.25) is 4.79 Å². The summed E-state index contributed by atoms with van der Waals surface area (Å²) in [5.41, 5.74) is 1.96. The molecule has 128 valence electrons. The standard InChI is InChI=1S/C22H24N2O/c1-3-24(4-2)22(25)21(18-12-6-5-7-13-18)23-20-16-10-14-17-11-8-9-15-19(17)20/h5-16,21,23H,3-4H2,1-2H3/t21-/m1/s1. The lowest BCUT2D eigenvalue weighted by Gasteiger charge is -2.27. The van der Waals surface area contributed by atoms with Gasteiger partial charge in [-0.2, -0.15) is 0 Å². The molecule has 3 aromatic rings. The van der Waals surface area contributed by atoms with E-state index in [4.69, 9.17) is 0 Å². The van der Waals surface area contributed by atoms with E-state index >= 15 is 0 Å². The molecule has 0 aliphatic rings. The van der Waals surface area contributed by atoms with Crippen molar-refractivity contribution in [2.45, 2.75) is 19.9 Å². The van der Waals surface area contributed by atoms with Crippen molar-refractivity contribution in [2.24, 2.45) is 0 Å². The molecule has 1 N–H and O–H groups in total. The first-order valence-corrected chi connectivity index (χ1v) is 8.82. The summed E-state index contributed by atoms with van der Waals surface area (Å²) in [5, 5.41) is 5.78. The van der Waals surface area contributed by atoms with E-state index in [0.717, 1.165) is 22.0 Å². The highest BCUT2D eigenvalue weighted by molar-refractivity contribution is 5.96. The number of carbonyl (C=O) groups excluding carboxylic acids is 1. The van der Waals surface area contributed by atoms with E-state index < -0.39 is 6.04 Å². The topological polar surface area (TPSA) is 32.3 Å². The summed E-state index contributed by atoms with van der Waals surface area (Å²) < 4.78 is 0. The number of carbonyl (C=O) groups is 1. The van der Waals surface area contributed by atoms with Gasteiger partial charge in [0.15, 0.2) is 0 Å². The summed E-state index contributed by atoms with van der Waals surface area (Å²) in [7, 11) is 0. The van der Waals surface area contributed by atoms with Crippen LogP contribution in [0, 0.1) is 0 Å². The molecule has 0 radical (unpaired) electrons. The first kappa shape index (κ1) is 17.0. The van der Waals surface area contributed by atoms with Gasteiger partial charge in [-0.15, -0.1) is 0 Å². The number of likely N-dealkylation sites (N-methyl/N-ethyl adjacent to an activating group) is 1. The van der Waals surface area contributed by atoms with Crippen molar-refractivity contribution in [2.75, 3.05) is 18.4 Å². The Labute approximate surface area is 149 Å². The molecular weight excluding hydrogens is 308 g/mol. The van der Waals surface area contributed by atoms with E-state index in [1.165, 1.54) is 0 Å². The van der Waals surface area contributed by atoms with Crippen LogP contribution in [0.1, 0.15) is 25.5 Å². The highest BCUT2D eigenvalue weighted by Crippen LogP contribution is 2.28. The Hall–Kier alpha value is -2.81. The molecule has 0 fully saturated rings. The molecule has 1 atom stereocenters. The number of nitrogens with one attached hydrogen (secondary N) is 1. The molecule has 0 saturated heterocycles. The maximum Gasteiger partial charge on any atom is 0.249 e. The molecular formula is C22H24N2O. The van der Waals surface area contributed by atoms with Crippen LogP contribution in [0.3, 0.4) is 0 Å². The molecule has 0 bridgehead atoms.